The maximum Gasteiger partial charge on any atom is 0.410 e. The monoisotopic (exact) mass is 564 g/mol. The van der Waals surface area contributed by atoms with Crippen molar-refractivity contribution < 1.29 is 19.1 Å². The van der Waals surface area contributed by atoms with Crippen LogP contribution in [0, 0.1) is 0 Å². The second kappa shape index (κ2) is 14.6. The van der Waals surface area contributed by atoms with Gasteiger partial charge in [0.05, 0.1) is 6.04 Å². The highest BCUT2D eigenvalue weighted by Crippen LogP contribution is 2.37. The molecule has 2 aromatic rings. The zero-order chi connectivity index (χ0) is 29.2. The van der Waals surface area contributed by atoms with Crippen molar-refractivity contribution in [1.82, 2.24) is 15.1 Å². The van der Waals surface area contributed by atoms with Crippen LogP contribution in [0.2, 0.25) is 0 Å². The van der Waals surface area contributed by atoms with Gasteiger partial charge in [0.2, 0.25) is 0 Å². The fraction of sp³-hybridized carbons (Fsp3) is 0.576. The molecule has 0 spiro atoms. The van der Waals surface area contributed by atoms with Crippen molar-refractivity contribution in [3.8, 4) is 0 Å². The van der Waals surface area contributed by atoms with Gasteiger partial charge in [-0.05, 0) is 88.2 Å². The highest BCUT2D eigenvalue weighted by atomic mass is 16.6. The largest absolute Gasteiger partial charge is 0.445 e. The number of fused-ring (bicyclic) bond motifs is 1. The summed E-state index contributed by atoms with van der Waals surface area (Å²) in [5.41, 5.74) is 4.17. The van der Waals surface area contributed by atoms with Gasteiger partial charge in [-0.3, -0.25) is 4.90 Å². The number of ether oxygens (including phenoxy) is 2. The fourth-order valence-electron chi connectivity index (χ4n) is 5.76. The molecule has 0 aromatic heterocycles. The Morgan fingerprint density at radius 2 is 1.80 bits per heavy atom. The number of piperazine rings is 1. The Kier molecular flexibility index (Phi) is 10.9. The average Bonchev–Trinajstić information content (AvgIpc) is 2.96. The molecule has 224 valence electrons. The van der Waals surface area contributed by atoms with E-state index in [2.05, 4.69) is 40.2 Å². The maximum absolute atomic E-state index is 13.6. The number of hydrogen-bond donors (Lipinski definition) is 1. The lowest BCUT2D eigenvalue weighted by atomic mass is 9.86. The summed E-state index contributed by atoms with van der Waals surface area (Å²) in [6.45, 7) is 14.2. The van der Waals surface area contributed by atoms with Crippen LogP contribution in [0.1, 0.15) is 76.1 Å². The number of nitrogens with zero attached hydrogens (tertiary/aromatic N) is 3. The second-order valence-corrected chi connectivity index (χ2v) is 12.1. The van der Waals surface area contributed by atoms with Gasteiger partial charge in [0.15, 0.2) is 0 Å². The predicted octanol–water partition coefficient (Wildman–Crippen LogP) is 6.15. The molecule has 0 radical (unpaired) electrons. The van der Waals surface area contributed by atoms with Crippen molar-refractivity contribution in [2.24, 2.45) is 0 Å². The van der Waals surface area contributed by atoms with E-state index in [4.69, 9.17) is 9.47 Å². The number of carbonyl (C=O) groups excluding carboxylic acids is 2. The Balaban J connectivity index is 1.48. The SMILES string of the molecule is CCCN1CCN(c2ccc3c(c2)C(N(CCCNC(=O)OC(C)(C)C)C(=O)OCc2ccccc2)CCC3)CC1. The van der Waals surface area contributed by atoms with E-state index in [1.165, 1.54) is 23.2 Å². The van der Waals surface area contributed by atoms with Crippen molar-refractivity contribution in [3.63, 3.8) is 0 Å². The molecule has 1 unspecified atom stereocenters. The molecule has 2 aliphatic rings. The molecular formula is C33H48N4O4. The molecule has 2 aromatic carbocycles. The van der Waals surface area contributed by atoms with E-state index < -0.39 is 11.7 Å². The number of amides is 2. The molecule has 8 heteroatoms. The van der Waals surface area contributed by atoms with Crippen LogP contribution in [0.15, 0.2) is 48.5 Å². The molecule has 8 nitrogen and oxygen atoms in total. The molecular weight excluding hydrogens is 516 g/mol. The van der Waals surface area contributed by atoms with Crippen LogP contribution in [0.4, 0.5) is 15.3 Å². The van der Waals surface area contributed by atoms with Crippen molar-refractivity contribution in [2.45, 2.75) is 78.0 Å². The van der Waals surface area contributed by atoms with Crippen LogP contribution in [0.5, 0.6) is 0 Å². The quantitative estimate of drug-likeness (QED) is 0.349. The molecule has 1 heterocycles. The van der Waals surface area contributed by atoms with E-state index in [0.29, 0.717) is 19.5 Å². The van der Waals surface area contributed by atoms with Crippen LogP contribution in [-0.4, -0.2) is 73.4 Å². The number of nitrogens with one attached hydrogen (secondary N) is 1. The van der Waals surface area contributed by atoms with Crippen molar-refractivity contribution in [2.75, 3.05) is 50.7 Å². The Morgan fingerprint density at radius 1 is 1.05 bits per heavy atom. The molecule has 1 N–H and O–H groups in total. The standard InChI is InChI=1S/C33H48N4O4/c1-5-18-35-20-22-36(23-21-35)28-16-15-27-13-9-14-30(29(27)24-28)37(19-10-17-34-31(38)41-33(2,3)4)32(39)40-25-26-11-7-6-8-12-26/h6-8,11-12,15-16,24,30H,5,9-10,13-14,17-23,25H2,1-4H3,(H,34,38). The van der Waals surface area contributed by atoms with Crippen LogP contribution in [-0.2, 0) is 22.5 Å². The lowest BCUT2D eigenvalue weighted by molar-refractivity contribution is 0.0522. The van der Waals surface area contributed by atoms with E-state index in [1.807, 2.05) is 56.0 Å². The van der Waals surface area contributed by atoms with E-state index >= 15 is 0 Å². The van der Waals surface area contributed by atoms with Gasteiger partial charge in [0.25, 0.3) is 0 Å². The summed E-state index contributed by atoms with van der Waals surface area (Å²) in [4.78, 5) is 32.6. The molecule has 1 aliphatic heterocycles. The molecule has 1 fully saturated rings. The minimum Gasteiger partial charge on any atom is -0.445 e. The van der Waals surface area contributed by atoms with E-state index in [0.717, 1.165) is 57.5 Å². The summed E-state index contributed by atoms with van der Waals surface area (Å²) in [7, 11) is 0. The second-order valence-electron chi connectivity index (χ2n) is 12.1. The topological polar surface area (TPSA) is 74.4 Å². The van der Waals surface area contributed by atoms with Crippen LogP contribution in [0.25, 0.3) is 0 Å². The van der Waals surface area contributed by atoms with Gasteiger partial charge in [0, 0.05) is 45.0 Å². The maximum atomic E-state index is 13.6. The van der Waals surface area contributed by atoms with Gasteiger partial charge in [0.1, 0.15) is 12.2 Å². The summed E-state index contributed by atoms with van der Waals surface area (Å²) in [5, 5.41) is 2.83. The number of anilines is 1. The molecule has 1 saturated heterocycles. The van der Waals surface area contributed by atoms with E-state index in [9.17, 15) is 9.59 Å². The smallest absolute Gasteiger partial charge is 0.410 e. The van der Waals surface area contributed by atoms with Gasteiger partial charge >= 0.3 is 12.2 Å². The fourth-order valence-corrected chi connectivity index (χ4v) is 5.76. The van der Waals surface area contributed by atoms with Crippen molar-refractivity contribution in [1.29, 1.82) is 0 Å². The van der Waals surface area contributed by atoms with E-state index in [-0.39, 0.29) is 18.7 Å². The molecule has 0 bridgehead atoms. The number of hydrogen-bond acceptors (Lipinski definition) is 6. The lowest BCUT2D eigenvalue weighted by Crippen LogP contribution is -2.46. The van der Waals surface area contributed by atoms with Crippen molar-refractivity contribution >= 4 is 17.9 Å². The summed E-state index contributed by atoms with van der Waals surface area (Å²) in [5.74, 6) is 0. The summed E-state index contributed by atoms with van der Waals surface area (Å²) in [6, 6.07) is 16.5. The first-order chi connectivity index (χ1) is 19.7. The minimum atomic E-state index is -0.552. The zero-order valence-corrected chi connectivity index (χ0v) is 25.4. The summed E-state index contributed by atoms with van der Waals surface area (Å²) in [6.07, 6.45) is 3.95. The van der Waals surface area contributed by atoms with Crippen molar-refractivity contribution in [3.05, 3.63) is 65.2 Å². The molecule has 4 rings (SSSR count). The van der Waals surface area contributed by atoms with E-state index in [1.54, 1.807) is 0 Å². The first-order valence-corrected chi connectivity index (χ1v) is 15.3. The molecule has 41 heavy (non-hydrogen) atoms. The van der Waals surface area contributed by atoms with Crippen LogP contribution >= 0.6 is 0 Å². The third-order valence-electron chi connectivity index (χ3n) is 7.75. The Bertz CT molecular complexity index is 1130. The van der Waals surface area contributed by atoms with Gasteiger partial charge in [-0.1, -0.05) is 43.3 Å². The zero-order valence-electron chi connectivity index (χ0n) is 25.4. The number of benzene rings is 2. The highest BCUT2D eigenvalue weighted by molar-refractivity contribution is 5.69. The normalized spacial score (nSPS) is 17.5. The predicted molar refractivity (Wildman–Crippen MR) is 163 cm³/mol. The van der Waals surface area contributed by atoms with Crippen LogP contribution in [0.3, 0.4) is 0 Å². The number of rotatable bonds is 10. The number of carbonyl (C=O) groups is 2. The number of aryl methyl sites for hydroxylation is 1. The molecule has 1 aliphatic carbocycles. The minimum absolute atomic E-state index is 0.0649. The highest BCUT2D eigenvalue weighted by Gasteiger charge is 2.31. The molecule has 1 atom stereocenters. The van der Waals surface area contributed by atoms with Crippen LogP contribution < -0.4 is 10.2 Å². The molecule has 0 saturated carbocycles. The lowest BCUT2D eigenvalue weighted by Gasteiger charge is -2.38. The Labute approximate surface area is 246 Å². The third-order valence-corrected chi connectivity index (χ3v) is 7.75. The number of alkyl carbamates (subject to hydrolysis) is 1. The molecule has 2 amide bonds. The van der Waals surface area contributed by atoms with Gasteiger partial charge in [-0.15, -0.1) is 0 Å². The van der Waals surface area contributed by atoms with Gasteiger partial charge < -0.3 is 24.6 Å². The summed E-state index contributed by atoms with van der Waals surface area (Å²) < 4.78 is 11.2. The average molecular weight is 565 g/mol. The Hall–Kier alpha value is -3.26. The first kappa shape index (κ1) is 30.7. The Morgan fingerprint density at radius 3 is 2.51 bits per heavy atom. The van der Waals surface area contributed by atoms with Gasteiger partial charge in [-0.2, -0.15) is 0 Å². The first-order valence-electron chi connectivity index (χ1n) is 15.3. The third kappa shape index (κ3) is 9.12. The van der Waals surface area contributed by atoms with Gasteiger partial charge in [-0.25, -0.2) is 9.59 Å². The summed E-state index contributed by atoms with van der Waals surface area (Å²) >= 11 is 0.